The Morgan fingerprint density at radius 3 is 1.90 bits per heavy atom. The summed E-state index contributed by atoms with van der Waals surface area (Å²) in [5.74, 6) is 1.22. The minimum absolute atomic E-state index is 0.372. The second-order valence-corrected chi connectivity index (χ2v) is 7.45. The van der Waals surface area contributed by atoms with Crippen molar-refractivity contribution in [1.82, 2.24) is 10.9 Å². The molecule has 0 atom stereocenters. The van der Waals surface area contributed by atoms with Crippen LogP contribution in [0.2, 0.25) is 0 Å². The van der Waals surface area contributed by atoms with Crippen molar-refractivity contribution in [2.75, 3.05) is 20.3 Å². The summed E-state index contributed by atoms with van der Waals surface area (Å²) in [6.07, 6.45) is 0. The van der Waals surface area contributed by atoms with Crippen molar-refractivity contribution in [3.8, 4) is 17.2 Å². The maximum absolute atomic E-state index is 12.3. The topological polar surface area (TPSA) is 85.9 Å². The Hall–Kier alpha value is -3.27. The van der Waals surface area contributed by atoms with Crippen LogP contribution in [-0.4, -0.2) is 32.1 Å². The maximum atomic E-state index is 12.3. The van der Waals surface area contributed by atoms with Crippen molar-refractivity contribution in [1.29, 1.82) is 0 Å². The number of benzene rings is 3. The van der Waals surface area contributed by atoms with Gasteiger partial charge in [-0.1, -0.05) is 18.2 Å². The predicted octanol–water partition coefficient (Wildman–Crippen LogP) is 3.83. The fraction of sp³-hybridized carbons (Fsp3) is 0.130. The molecule has 2 amide bonds. The zero-order chi connectivity index (χ0) is 22.1. The molecule has 0 radical (unpaired) electrons. The average molecular weight is 532 g/mol. The average Bonchev–Trinajstić information content (AvgIpc) is 2.81. The lowest BCUT2D eigenvalue weighted by molar-refractivity contribution is 0.0846. The molecule has 3 rings (SSSR count). The van der Waals surface area contributed by atoms with E-state index in [1.165, 1.54) is 0 Å². The second-order valence-electron chi connectivity index (χ2n) is 6.29. The first kappa shape index (κ1) is 22.4. The van der Waals surface area contributed by atoms with E-state index in [9.17, 15) is 9.59 Å². The minimum atomic E-state index is -0.435. The van der Waals surface area contributed by atoms with Crippen LogP contribution in [0.15, 0.2) is 72.8 Å². The highest BCUT2D eigenvalue weighted by atomic mass is 127. The number of hydrogen-bond acceptors (Lipinski definition) is 5. The van der Waals surface area contributed by atoms with Crippen LogP contribution in [0.3, 0.4) is 0 Å². The van der Waals surface area contributed by atoms with Crippen LogP contribution in [0.25, 0.3) is 0 Å². The summed E-state index contributed by atoms with van der Waals surface area (Å²) >= 11 is 2.08. The molecule has 0 heterocycles. The van der Waals surface area contributed by atoms with Crippen molar-refractivity contribution in [2.45, 2.75) is 0 Å². The van der Waals surface area contributed by atoms with E-state index in [2.05, 4.69) is 33.4 Å². The van der Waals surface area contributed by atoms with Gasteiger partial charge < -0.3 is 14.2 Å². The van der Waals surface area contributed by atoms with E-state index in [1.807, 2.05) is 30.3 Å². The highest BCUT2D eigenvalue weighted by molar-refractivity contribution is 14.1. The Kier molecular flexibility index (Phi) is 8.11. The SMILES string of the molecule is COc1ccc(C(=O)NNC(=O)c2ccc(OCCOc3ccccc3)cc2)cc1I. The van der Waals surface area contributed by atoms with Crippen molar-refractivity contribution in [2.24, 2.45) is 0 Å². The zero-order valence-electron chi connectivity index (χ0n) is 16.8. The summed E-state index contributed by atoms with van der Waals surface area (Å²) in [5.41, 5.74) is 5.60. The van der Waals surface area contributed by atoms with Crippen LogP contribution in [0.5, 0.6) is 17.2 Å². The van der Waals surface area contributed by atoms with Crippen LogP contribution in [0.1, 0.15) is 20.7 Å². The molecule has 0 saturated carbocycles. The minimum Gasteiger partial charge on any atom is -0.496 e. The molecule has 2 N–H and O–H groups in total. The zero-order valence-corrected chi connectivity index (χ0v) is 18.9. The molecular formula is C23H21IN2O5. The monoisotopic (exact) mass is 532 g/mol. The van der Waals surface area contributed by atoms with Gasteiger partial charge in [0.1, 0.15) is 30.5 Å². The first-order valence-electron chi connectivity index (χ1n) is 9.42. The van der Waals surface area contributed by atoms with Crippen LogP contribution < -0.4 is 25.1 Å². The third-order valence-electron chi connectivity index (χ3n) is 4.18. The van der Waals surface area contributed by atoms with E-state index >= 15 is 0 Å². The Labute approximate surface area is 193 Å². The lowest BCUT2D eigenvalue weighted by Crippen LogP contribution is -2.41. The molecule has 3 aromatic carbocycles. The molecule has 7 nitrogen and oxygen atoms in total. The Morgan fingerprint density at radius 1 is 0.774 bits per heavy atom. The number of nitrogens with one attached hydrogen (secondary N) is 2. The van der Waals surface area contributed by atoms with Gasteiger partial charge in [-0.25, -0.2) is 0 Å². The number of hydrogen-bond donors (Lipinski definition) is 2. The number of amides is 2. The molecule has 0 aliphatic rings. The van der Waals surface area contributed by atoms with Gasteiger partial charge in [0.25, 0.3) is 11.8 Å². The van der Waals surface area contributed by atoms with Gasteiger partial charge in [0.05, 0.1) is 10.7 Å². The Balaban J connectivity index is 1.44. The smallest absolute Gasteiger partial charge is 0.269 e. The van der Waals surface area contributed by atoms with Gasteiger partial charge in [0, 0.05) is 11.1 Å². The number of carbonyl (C=O) groups excluding carboxylic acids is 2. The van der Waals surface area contributed by atoms with Crippen LogP contribution in [-0.2, 0) is 0 Å². The largest absolute Gasteiger partial charge is 0.496 e. The van der Waals surface area contributed by atoms with Gasteiger partial charge in [-0.15, -0.1) is 0 Å². The van der Waals surface area contributed by atoms with Gasteiger partial charge in [0.15, 0.2) is 0 Å². The van der Waals surface area contributed by atoms with E-state index in [0.717, 1.165) is 9.32 Å². The summed E-state index contributed by atoms with van der Waals surface area (Å²) in [4.78, 5) is 24.5. The van der Waals surface area contributed by atoms with Gasteiger partial charge >= 0.3 is 0 Å². The van der Waals surface area contributed by atoms with Crippen LogP contribution in [0.4, 0.5) is 0 Å². The number of rotatable bonds is 8. The molecule has 0 aliphatic heterocycles. The molecular weight excluding hydrogens is 511 g/mol. The van der Waals surface area contributed by atoms with Crippen molar-refractivity contribution < 1.29 is 23.8 Å². The summed E-state index contributed by atoms with van der Waals surface area (Å²) in [7, 11) is 1.56. The van der Waals surface area contributed by atoms with E-state index in [-0.39, 0.29) is 0 Å². The fourth-order valence-corrected chi connectivity index (χ4v) is 3.34. The number of halogens is 1. The molecule has 8 heteroatoms. The molecule has 31 heavy (non-hydrogen) atoms. The highest BCUT2D eigenvalue weighted by Crippen LogP contribution is 2.21. The number of ether oxygens (including phenoxy) is 3. The van der Waals surface area contributed by atoms with Crippen molar-refractivity contribution in [3.05, 3.63) is 87.5 Å². The summed E-state index contributed by atoms with van der Waals surface area (Å²) in [6, 6.07) is 21.1. The standard InChI is InChI=1S/C23H21IN2O5/c1-29-21-12-9-17(15-20(21)24)23(28)26-25-22(27)16-7-10-19(11-8-16)31-14-13-30-18-5-3-2-4-6-18/h2-12,15H,13-14H2,1H3,(H,25,27)(H,26,28). The normalized spacial score (nSPS) is 10.1. The molecule has 0 bridgehead atoms. The molecule has 0 saturated heterocycles. The summed E-state index contributed by atoms with van der Waals surface area (Å²) in [5, 5.41) is 0. The second kappa shape index (κ2) is 11.2. The Bertz CT molecular complexity index is 1030. The maximum Gasteiger partial charge on any atom is 0.269 e. The third-order valence-corrected chi connectivity index (χ3v) is 5.03. The van der Waals surface area contributed by atoms with E-state index < -0.39 is 11.8 Å². The molecule has 0 spiro atoms. The van der Waals surface area contributed by atoms with Crippen LogP contribution in [0, 0.1) is 3.57 Å². The predicted molar refractivity (Wildman–Crippen MR) is 125 cm³/mol. The molecule has 0 fully saturated rings. The number of carbonyl (C=O) groups is 2. The quantitative estimate of drug-likeness (QED) is 0.262. The molecule has 3 aromatic rings. The third kappa shape index (κ3) is 6.61. The summed E-state index contributed by atoms with van der Waals surface area (Å²) in [6.45, 7) is 0.778. The van der Waals surface area contributed by atoms with Gasteiger partial charge in [-0.2, -0.15) is 0 Å². The molecule has 0 aliphatic carbocycles. The number of hydrazine groups is 1. The van der Waals surface area contributed by atoms with Gasteiger partial charge in [-0.3, -0.25) is 20.4 Å². The van der Waals surface area contributed by atoms with E-state index in [1.54, 1.807) is 49.6 Å². The highest BCUT2D eigenvalue weighted by Gasteiger charge is 2.11. The first-order valence-corrected chi connectivity index (χ1v) is 10.5. The van der Waals surface area contributed by atoms with E-state index in [0.29, 0.717) is 35.8 Å². The number of para-hydroxylation sites is 1. The lowest BCUT2D eigenvalue weighted by Gasteiger charge is -2.10. The van der Waals surface area contributed by atoms with Crippen molar-refractivity contribution >= 4 is 34.4 Å². The summed E-state index contributed by atoms with van der Waals surface area (Å²) < 4.78 is 17.1. The van der Waals surface area contributed by atoms with Gasteiger partial charge in [-0.05, 0) is 77.2 Å². The Morgan fingerprint density at radius 2 is 1.32 bits per heavy atom. The molecule has 160 valence electrons. The van der Waals surface area contributed by atoms with Crippen LogP contribution >= 0.6 is 22.6 Å². The fourth-order valence-electron chi connectivity index (χ4n) is 2.60. The van der Waals surface area contributed by atoms with Gasteiger partial charge in [0.2, 0.25) is 0 Å². The first-order chi connectivity index (χ1) is 15.1. The van der Waals surface area contributed by atoms with E-state index in [4.69, 9.17) is 14.2 Å². The lowest BCUT2D eigenvalue weighted by atomic mass is 10.2. The number of methoxy groups -OCH3 is 1. The molecule has 0 unspecified atom stereocenters. The van der Waals surface area contributed by atoms with Crippen molar-refractivity contribution in [3.63, 3.8) is 0 Å². The molecule has 0 aromatic heterocycles.